The largest absolute Gasteiger partial charge is 0.309 e. The fraction of sp³-hybridized carbons (Fsp3) is 1.00. The molecule has 0 amide bonds. The average Bonchev–Trinajstić information content (AvgIpc) is 2.16. The molecule has 1 aliphatic heterocycles. The predicted molar refractivity (Wildman–Crippen MR) is 71.8 cm³/mol. The summed E-state index contributed by atoms with van der Waals surface area (Å²) in [5, 5.41) is 3.65. The van der Waals surface area contributed by atoms with Gasteiger partial charge < -0.3 is 5.32 Å². The molecule has 16 heavy (non-hydrogen) atoms. The Hall–Kier alpha value is -0.0800. The minimum Gasteiger partial charge on any atom is -0.309 e. The molecule has 1 fully saturated rings. The van der Waals surface area contributed by atoms with Gasteiger partial charge in [0.05, 0.1) is 0 Å². The summed E-state index contributed by atoms with van der Waals surface area (Å²) in [6.45, 7) is 18.8. The van der Waals surface area contributed by atoms with Crippen LogP contribution in [0.4, 0.5) is 0 Å². The highest BCUT2D eigenvalue weighted by molar-refractivity contribution is 4.90. The monoisotopic (exact) mass is 226 g/mol. The van der Waals surface area contributed by atoms with Gasteiger partial charge in [-0.25, -0.2) is 0 Å². The molecule has 1 heterocycles. The van der Waals surface area contributed by atoms with Crippen molar-refractivity contribution >= 4 is 0 Å². The quantitative estimate of drug-likeness (QED) is 0.796. The van der Waals surface area contributed by atoms with Crippen molar-refractivity contribution in [3.05, 3.63) is 0 Å². The van der Waals surface area contributed by atoms with Gasteiger partial charge in [-0.2, -0.15) is 0 Å². The van der Waals surface area contributed by atoms with Crippen LogP contribution >= 0.6 is 0 Å². The van der Waals surface area contributed by atoms with Crippen molar-refractivity contribution in [3.8, 4) is 0 Å². The van der Waals surface area contributed by atoms with Crippen LogP contribution in [-0.4, -0.2) is 36.6 Å². The minimum absolute atomic E-state index is 0.329. The summed E-state index contributed by atoms with van der Waals surface area (Å²) in [7, 11) is 0. The van der Waals surface area contributed by atoms with Crippen molar-refractivity contribution in [2.45, 2.75) is 53.5 Å². The summed E-state index contributed by atoms with van der Waals surface area (Å²) in [6, 6.07) is 0. The molecule has 2 atom stereocenters. The zero-order valence-corrected chi connectivity index (χ0v) is 12.1. The molecule has 0 spiro atoms. The van der Waals surface area contributed by atoms with E-state index in [9.17, 15) is 0 Å². The Morgan fingerprint density at radius 2 is 2.00 bits per heavy atom. The summed E-state index contributed by atoms with van der Waals surface area (Å²) < 4.78 is 0. The van der Waals surface area contributed by atoms with Gasteiger partial charge >= 0.3 is 0 Å². The van der Waals surface area contributed by atoms with Crippen molar-refractivity contribution in [2.75, 3.05) is 26.2 Å². The van der Waals surface area contributed by atoms with Gasteiger partial charge in [0.1, 0.15) is 0 Å². The van der Waals surface area contributed by atoms with E-state index in [4.69, 9.17) is 0 Å². The van der Waals surface area contributed by atoms with Gasteiger partial charge in [0.25, 0.3) is 0 Å². The topological polar surface area (TPSA) is 15.3 Å². The molecule has 0 bridgehead atoms. The van der Waals surface area contributed by atoms with E-state index in [1.54, 1.807) is 0 Å². The van der Waals surface area contributed by atoms with E-state index in [2.05, 4.69) is 51.8 Å². The maximum atomic E-state index is 3.65. The fourth-order valence-electron chi connectivity index (χ4n) is 2.20. The van der Waals surface area contributed by atoms with E-state index in [0.717, 1.165) is 12.5 Å². The van der Waals surface area contributed by atoms with E-state index in [-0.39, 0.29) is 0 Å². The fourth-order valence-corrected chi connectivity index (χ4v) is 2.20. The molecule has 96 valence electrons. The Labute approximate surface area is 102 Å². The maximum absolute atomic E-state index is 3.65. The van der Waals surface area contributed by atoms with Crippen LogP contribution in [0.1, 0.15) is 48.0 Å². The van der Waals surface area contributed by atoms with Gasteiger partial charge in [0, 0.05) is 31.7 Å². The van der Waals surface area contributed by atoms with Crippen LogP contribution in [0.3, 0.4) is 0 Å². The average molecular weight is 226 g/mol. The molecule has 2 unspecified atom stereocenters. The van der Waals surface area contributed by atoms with E-state index in [1.807, 2.05) is 0 Å². The molecule has 1 rings (SSSR count). The van der Waals surface area contributed by atoms with E-state index in [1.165, 1.54) is 26.1 Å². The van der Waals surface area contributed by atoms with Crippen LogP contribution in [0, 0.1) is 11.3 Å². The van der Waals surface area contributed by atoms with Gasteiger partial charge in [0.2, 0.25) is 0 Å². The first-order valence-corrected chi connectivity index (χ1v) is 6.74. The Morgan fingerprint density at radius 1 is 1.38 bits per heavy atom. The number of nitrogens with one attached hydrogen (secondary N) is 1. The van der Waals surface area contributed by atoms with Crippen LogP contribution in [0.2, 0.25) is 0 Å². The molecule has 0 aromatic rings. The molecule has 0 saturated carbocycles. The third-order valence-corrected chi connectivity index (χ3v) is 4.34. The Kier molecular flexibility index (Phi) is 4.42. The zero-order valence-electron chi connectivity index (χ0n) is 12.1. The lowest BCUT2D eigenvalue weighted by atomic mass is 9.81. The molecule has 0 aliphatic carbocycles. The number of rotatable bonds is 3. The smallest absolute Gasteiger partial charge is 0.0278 e. The first-order valence-electron chi connectivity index (χ1n) is 6.74. The molecule has 0 aromatic carbocycles. The van der Waals surface area contributed by atoms with E-state index >= 15 is 0 Å². The third kappa shape index (κ3) is 3.74. The summed E-state index contributed by atoms with van der Waals surface area (Å²) in [4.78, 5) is 2.63. The highest BCUT2D eigenvalue weighted by Crippen LogP contribution is 2.27. The molecular weight excluding hydrogens is 196 g/mol. The van der Waals surface area contributed by atoms with Gasteiger partial charge in [-0.1, -0.05) is 34.6 Å². The number of nitrogens with zero attached hydrogens (tertiary/aromatic N) is 1. The number of piperazine rings is 1. The number of hydrogen-bond donors (Lipinski definition) is 1. The molecule has 1 saturated heterocycles. The maximum Gasteiger partial charge on any atom is 0.0278 e. The predicted octanol–water partition coefficient (Wildman–Crippen LogP) is 2.74. The van der Waals surface area contributed by atoms with Crippen molar-refractivity contribution in [1.82, 2.24) is 10.2 Å². The molecule has 1 aliphatic rings. The first kappa shape index (κ1) is 14.0. The summed E-state index contributed by atoms with van der Waals surface area (Å²) in [6.07, 6.45) is 1.22. The van der Waals surface area contributed by atoms with Gasteiger partial charge in [-0.05, 0) is 24.7 Å². The summed E-state index contributed by atoms with van der Waals surface area (Å²) in [5.74, 6) is 0.756. The molecule has 2 heteroatoms. The lowest BCUT2D eigenvalue weighted by molar-refractivity contribution is 0.0969. The highest BCUT2D eigenvalue weighted by atomic mass is 15.2. The van der Waals surface area contributed by atoms with Crippen molar-refractivity contribution in [2.24, 2.45) is 11.3 Å². The van der Waals surface area contributed by atoms with E-state index in [0.29, 0.717) is 11.0 Å². The molecule has 1 N–H and O–H groups in total. The summed E-state index contributed by atoms with van der Waals surface area (Å²) in [5.41, 5.74) is 0.753. The second-order valence-electron chi connectivity index (χ2n) is 6.84. The zero-order chi connectivity index (χ0) is 12.4. The molecule has 2 nitrogen and oxygen atoms in total. The lowest BCUT2D eigenvalue weighted by Gasteiger charge is -2.43. The molecular formula is C14H30N2. The standard InChI is InChI=1S/C14H30N2/c1-7-14(6)11-16(9-8-15-14)10-12(2)13(3,4)5/h12,15H,7-11H2,1-6H3. The highest BCUT2D eigenvalue weighted by Gasteiger charge is 2.31. The third-order valence-electron chi connectivity index (χ3n) is 4.34. The van der Waals surface area contributed by atoms with Crippen molar-refractivity contribution < 1.29 is 0 Å². The van der Waals surface area contributed by atoms with Gasteiger partial charge in [-0.15, -0.1) is 0 Å². The lowest BCUT2D eigenvalue weighted by Crippen LogP contribution is -2.59. The van der Waals surface area contributed by atoms with Crippen LogP contribution in [0.15, 0.2) is 0 Å². The second kappa shape index (κ2) is 5.05. The normalized spacial score (nSPS) is 30.4. The first-order chi connectivity index (χ1) is 7.27. The van der Waals surface area contributed by atoms with Gasteiger partial charge in [-0.3, -0.25) is 4.90 Å². The van der Waals surface area contributed by atoms with Crippen LogP contribution in [0.25, 0.3) is 0 Å². The Bertz CT molecular complexity index is 219. The molecule has 0 aromatic heterocycles. The second-order valence-corrected chi connectivity index (χ2v) is 6.84. The van der Waals surface area contributed by atoms with Crippen LogP contribution < -0.4 is 5.32 Å². The Balaban J connectivity index is 2.49. The van der Waals surface area contributed by atoms with Crippen LogP contribution in [-0.2, 0) is 0 Å². The molecule has 0 radical (unpaired) electrons. The van der Waals surface area contributed by atoms with Crippen LogP contribution in [0.5, 0.6) is 0 Å². The minimum atomic E-state index is 0.329. The number of hydrogen-bond acceptors (Lipinski definition) is 2. The van der Waals surface area contributed by atoms with Crippen molar-refractivity contribution in [3.63, 3.8) is 0 Å². The van der Waals surface area contributed by atoms with Crippen molar-refractivity contribution in [1.29, 1.82) is 0 Å². The van der Waals surface area contributed by atoms with E-state index < -0.39 is 0 Å². The SMILES string of the molecule is CCC1(C)CN(CC(C)C(C)(C)C)CCN1. The summed E-state index contributed by atoms with van der Waals surface area (Å²) >= 11 is 0. The van der Waals surface area contributed by atoms with Gasteiger partial charge in [0.15, 0.2) is 0 Å². The Morgan fingerprint density at radius 3 is 2.50 bits per heavy atom.